The SMILES string of the molecule is O=C1CC[C@@H]2NC(=O)[C@@H]3CCC(=O)NCc4cn(nn4)CCN(CCn4cc(nn4)CN1)CCn1cc(nn1)CNC(=O)CC[C@H](NC2=O)C(=O)N3. The summed E-state index contributed by atoms with van der Waals surface area (Å²) in [5, 5.41) is 41.4. The quantitative estimate of drug-likeness (QED) is 0.129. The van der Waals surface area contributed by atoms with Gasteiger partial charge in [0.2, 0.25) is 35.4 Å². The maximum absolute atomic E-state index is 13.4. The Morgan fingerprint density at radius 3 is 1.08 bits per heavy atom. The van der Waals surface area contributed by atoms with Crippen molar-refractivity contribution in [2.24, 2.45) is 0 Å². The highest BCUT2D eigenvalue weighted by Gasteiger charge is 2.34. The number of carbonyl (C=O) groups excluding carboxylic acids is 6. The molecule has 22 nitrogen and oxygen atoms in total. The lowest BCUT2D eigenvalue weighted by atomic mass is 10.1. The highest BCUT2D eigenvalue weighted by molar-refractivity contribution is 5.97. The lowest BCUT2D eigenvalue weighted by molar-refractivity contribution is -0.131. The summed E-state index contributed by atoms with van der Waals surface area (Å²) in [6, 6.07) is -3.55. The second-order valence-corrected chi connectivity index (χ2v) is 12.9. The fourth-order valence-corrected chi connectivity index (χ4v) is 5.94. The van der Waals surface area contributed by atoms with Gasteiger partial charge in [0.25, 0.3) is 0 Å². The van der Waals surface area contributed by atoms with Crippen LogP contribution < -0.4 is 31.9 Å². The minimum Gasteiger partial charge on any atom is -0.350 e. The summed E-state index contributed by atoms with van der Waals surface area (Å²) in [5.41, 5.74) is 1.61. The number of hydrogen-bond donors (Lipinski definition) is 6. The van der Waals surface area contributed by atoms with Gasteiger partial charge in [0.05, 0.1) is 57.9 Å². The highest BCUT2D eigenvalue weighted by Crippen LogP contribution is 2.10. The Labute approximate surface area is 297 Å². The zero-order valence-electron chi connectivity index (χ0n) is 28.5. The van der Waals surface area contributed by atoms with Gasteiger partial charge in [-0.2, -0.15) is 0 Å². The van der Waals surface area contributed by atoms with Gasteiger partial charge in [0, 0.05) is 38.9 Å². The molecule has 1 saturated heterocycles. The molecule has 22 heteroatoms. The molecule has 3 aromatic rings. The van der Waals surface area contributed by atoms with Crippen molar-refractivity contribution in [3.63, 3.8) is 0 Å². The van der Waals surface area contributed by atoms with Crippen LogP contribution in [0.15, 0.2) is 18.6 Å². The summed E-state index contributed by atoms with van der Waals surface area (Å²) in [4.78, 5) is 81.1. The number of aromatic nitrogens is 9. The molecule has 52 heavy (non-hydrogen) atoms. The van der Waals surface area contributed by atoms with Gasteiger partial charge in [-0.05, 0) is 19.3 Å². The van der Waals surface area contributed by atoms with Crippen LogP contribution in [0.1, 0.15) is 55.6 Å². The minimum absolute atomic E-state index is 0.0814. The first kappa shape index (κ1) is 36.0. The molecule has 0 spiro atoms. The number of carbonyl (C=O) groups is 6. The van der Waals surface area contributed by atoms with Gasteiger partial charge in [-0.1, -0.05) is 15.6 Å². The van der Waals surface area contributed by atoms with E-state index in [1.807, 2.05) is 0 Å². The Kier molecular flexibility index (Phi) is 11.7. The molecule has 0 aliphatic carbocycles. The predicted octanol–water partition coefficient (Wildman–Crippen LogP) is -4.15. The molecule has 0 unspecified atom stereocenters. The van der Waals surface area contributed by atoms with Crippen molar-refractivity contribution >= 4 is 35.4 Å². The molecule has 3 aromatic heterocycles. The van der Waals surface area contributed by atoms with E-state index in [1.165, 1.54) is 0 Å². The zero-order valence-corrected chi connectivity index (χ0v) is 28.5. The molecule has 7 heterocycles. The summed E-state index contributed by atoms with van der Waals surface area (Å²) in [6.45, 7) is 3.59. The number of nitrogens with zero attached hydrogens (tertiary/aromatic N) is 10. The normalized spacial score (nSPS) is 24.9. The molecule has 4 aliphatic rings. The third kappa shape index (κ3) is 10.1. The van der Waals surface area contributed by atoms with Crippen LogP contribution in [0.5, 0.6) is 0 Å². The van der Waals surface area contributed by atoms with Crippen molar-refractivity contribution in [3.8, 4) is 0 Å². The summed E-state index contributed by atoms with van der Waals surface area (Å²) >= 11 is 0. The fourth-order valence-electron chi connectivity index (χ4n) is 5.94. The van der Waals surface area contributed by atoms with Crippen LogP contribution in [0, 0.1) is 0 Å². The first-order valence-corrected chi connectivity index (χ1v) is 17.3. The Morgan fingerprint density at radius 2 is 0.769 bits per heavy atom. The van der Waals surface area contributed by atoms with Crippen molar-refractivity contribution in [2.75, 3.05) is 19.6 Å². The van der Waals surface area contributed by atoms with Gasteiger partial charge in [0.1, 0.15) is 35.2 Å². The average Bonchev–Trinajstić information content (AvgIpc) is 3.91. The first-order valence-electron chi connectivity index (χ1n) is 17.3. The molecule has 10 bridgehead atoms. The topological polar surface area (TPSA) is 270 Å². The molecule has 6 N–H and O–H groups in total. The van der Waals surface area contributed by atoms with Crippen molar-refractivity contribution in [3.05, 3.63) is 35.7 Å². The van der Waals surface area contributed by atoms with E-state index in [0.717, 1.165) is 0 Å². The molecule has 6 amide bonds. The summed E-state index contributed by atoms with van der Waals surface area (Å²) in [6.07, 6.45) is 4.60. The molecule has 0 saturated carbocycles. The van der Waals surface area contributed by atoms with Crippen LogP contribution in [0.4, 0.5) is 0 Å². The molecule has 278 valence electrons. The van der Waals surface area contributed by atoms with Gasteiger partial charge in [-0.25, -0.2) is 0 Å². The first-order chi connectivity index (χ1) is 25.2. The van der Waals surface area contributed by atoms with E-state index in [9.17, 15) is 28.8 Å². The summed E-state index contributed by atoms with van der Waals surface area (Å²) in [5.74, 6) is -3.23. The van der Waals surface area contributed by atoms with Crippen molar-refractivity contribution in [1.29, 1.82) is 0 Å². The lowest BCUT2D eigenvalue weighted by Crippen LogP contribution is -2.51. The van der Waals surface area contributed by atoms with Crippen molar-refractivity contribution in [2.45, 2.75) is 95.9 Å². The molecule has 0 aromatic carbocycles. The summed E-state index contributed by atoms with van der Waals surface area (Å²) in [7, 11) is 0. The number of rotatable bonds is 0. The minimum atomic E-state index is -1.18. The van der Waals surface area contributed by atoms with Gasteiger partial charge in [-0.3, -0.25) is 47.7 Å². The van der Waals surface area contributed by atoms with Crippen LogP contribution in [0.2, 0.25) is 0 Å². The van der Waals surface area contributed by atoms with E-state index in [1.54, 1.807) is 32.6 Å². The van der Waals surface area contributed by atoms with E-state index >= 15 is 0 Å². The molecule has 0 radical (unpaired) electrons. The van der Waals surface area contributed by atoms with Crippen LogP contribution in [-0.2, 0) is 68.0 Å². The van der Waals surface area contributed by atoms with Crippen LogP contribution in [-0.4, -0.2) is 123 Å². The Bertz CT molecular complexity index is 1570. The summed E-state index contributed by atoms with van der Waals surface area (Å²) < 4.78 is 5.05. The maximum Gasteiger partial charge on any atom is 0.243 e. The fraction of sp³-hybridized carbons (Fsp3) is 0.600. The van der Waals surface area contributed by atoms with Gasteiger partial charge in [-0.15, -0.1) is 15.3 Å². The Hall–Kier alpha value is -5.80. The van der Waals surface area contributed by atoms with E-state index < -0.39 is 35.8 Å². The number of amides is 6. The second-order valence-electron chi connectivity index (χ2n) is 12.9. The van der Waals surface area contributed by atoms with Gasteiger partial charge < -0.3 is 31.9 Å². The van der Waals surface area contributed by atoms with E-state index in [0.29, 0.717) is 56.4 Å². The highest BCUT2D eigenvalue weighted by atomic mass is 16.2. The van der Waals surface area contributed by atoms with Crippen molar-refractivity contribution < 1.29 is 28.8 Å². The number of nitrogens with one attached hydrogen (secondary N) is 6. The standard InChI is InChI=1S/C30H42N16O6/c47-25-4-1-22-28(50)35-24-3-6-27(49)33-15-21-18-46(42-39-21)12-9-43(7-10-44-16-19(13-31-25)37-40-44)8-11-45-17-20(38-41-45)14-32-26(48)5-2-23(29(51)34-22)36-30(24)52/h16-18,22-24H,1-15H2,(H,31,47)(H,32,48)(H,33,49)(H,34,51)(H,35,50)(H,36,52)/t22-,23-,24-/m0/s1. The number of fused-ring (bicyclic) bond motifs is 18. The van der Waals surface area contributed by atoms with Gasteiger partial charge in [0.15, 0.2) is 0 Å². The van der Waals surface area contributed by atoms with Gasteiger partial charge >= 0.3 is 0 Å². The monoisotopic (exact) mass is 722 g/mol. The third-order valence-electron chi connectivity index (χ3n) is 8.97. The third-order valence-corrected chi connectivity index (χ3v) is 8.97. The average molecular weight is 723 g/mol. The zero-order chi connectivity index (χ0) is 36.5. The smallest absolute Gasteiger partial charge is 0.243 e. The maximum atomic E-state index is 13.4. The van der Waals surface area contributed by atoms with E-state index in [4.69, 9.17) is 0 Å². The largest absolute Gasteiger partial charge is 0.350 e. The number of hydrogen-bond acceptors (Lipinski definition) is 13. The molecule has 3 atom stereocenters. The van der Waals surface area contributed by atoms with Crippen LogP contribution in [0.25, 0.3) is 0 Å². The second kappa shape index (κ2) is 16.9. The molecule has 1 fully saturated rings. The predicted molar refractivity (Wildman–Crippen MR) is 176 cm³/mol. The Balaban J connectivity index is 1.30. The van der Waals surface area contributed by atoms with E-state index in [-0.39, 0.29) is 75.9 Å². The molecule has 4 aliphatic heterocycles. The lowest BCUT2D eigenvalue weighted by Gasteiger charge is -2.21. The Morgan fingerprint density at radius 1 is 0.462 bits per heavy atom. The van der Waals surface area contributed by atoms with Crippen LogP contribution in [0.3, 0.4) is 0 Å². The van der Waals surface area contributed by atoms with E-state index in [2.05, 4.69) is 67.7 Å². The van der Waals surface area contributed by atoms with Crippen LogP contribution >= 0.6 is 0 Å². The molecular formula is C30H42N16O6. The molecular weight excluding hydrogens is 680 g/mol. The molecule has 7 rings (SSSR count). The van der Waals surface area contributed by atoms with Crippen molar-refractivity contribution in [1.82, 2.24) is 81.8 Å².